The standard InChI is InChI=1S/C18H33F/c1-4-6-8-9-10-11-12-13-15-18(19)16-17(3)14-7-5-2/h16H,3-15H2,1-2H3/b18-16+. The van der Waals surface area contributed by atoms with Crippen LogP contribution in [-0.4, -0.2) is 0 Å². The second-order valence-corrected chi connectivity index (χ2v) is 5.58. The average Bonchev–Trinajstić information content (AvgIpc) is 2.39. The van der Waals surface area contributed by atoms with Gasteiger partial charge in [-0.2, -0.15) is 0 Å². The molecule has 0 nitrogen and oxygen atoms in total. The molecular formula is C18H33F. The Morgan fingerprint density at radius 2 is 1.32 bits per heavy atom. The summed E-state index contributed by atoms with van der Waals surface area (Å²) in [5.74, 6) is 0.0205. The van der Waals surface area contributed by atoms with Crippen molar-refractivity contribution in [2.75, 3.05) is 0 Å². The highest BCUT2D eigenvalue weighted by molar-refractivity contribution is 5.17. The van der Waals surface area contributed by atoms with Crippen LogP contribution in [0.1, 0.15) is 90.9 Å². The molecule has 0 aromatic carbocycles. The molecule has 0 saturated carbocycles. The molecule has 0 atom stereocenters. The number of unbranched alkanes of at least 4 members (excludes halogenated alkanes) is 8. The van der Waals surface area contributed by atoms with Crippen LogP contribution < -0.4 is 0 Å². The lowest BCUT2D eigenvalue weighted by molar-refractivity contribution is 0.533. The molecule has 112 valence electrons. The van der Waals surface area contributed by atoms with Crippen LogP contribution in [0.5, 0.6) is 0 Å². The van der Waals surface area contributed by atoms with E-state index in [1.165, 1.54) is 38.5 Å². The number of hydrogen-bond donors (Lipinski definition) is 0. The maximum absolute atomic E-state index is 13.6. The summed E-state index contributed by atoms with van der Waals surface area (Å²) in [7, 11) is 0. The molecular weight excluding hydrogens is 235 g/mol. The highest BCUT2D eigenvalue weighted by Gasteiger charge is 1.98. The Balaban J connectivity index is 3.44. The molecule has 0 radical (unpaired) electrons. The van der Waals surface area contributed by atoms with E-state index in [1.54, 1.807) is 6.08 Å². The molecule has 0 spiro atoms. The molecule has 0 heterocycles. The van der Waals surface area contributed by atoms with Gasteiger partial charge >= 0.3 is 0 Å². The smallest absolute Gasteiger partial charge is 0.100 e. The Kier molecular flexibility index (Phi) is 13.4. The number of allylic oxidation sites excluding steroid dienone is 3. The van der Waals surface area contributed by atoms with Crippen molar-refractivity contribution in [2.45, 2.75) is 90.9 Å². The van der Waals surface area contributed by atoms with Crippen LogP contribution in [0, 0.1) is 0 Å². The van der Waals surface area contributed by atoms with Crippen molar-refractivity contribution in [1.82, 2.24) is 0 Å². The van der Waals surface area contributed by atoms with Crippen LogP contribution in [0.4, 0.5) is 4.39 Å². The minimum atomic E-state index is 0.0205. The third kappa shape index (κ3) is 13.6. The first-order valence-corrected chi connectivity index (χ1v) is 8.24. The van der Waals surface area contributed by atoms with E-state index in [2.05, 4.69) is 20.4 Å². The Labute approximate surface area is 120 Å². The lowest BCUT2D eigenvalue weighted by atomic mass is 10.1. The molecule has 0 rings (SSSR count). The van der Waals surface area contributed by atoms with Gasteiger partial charge in [0.1, 0.15) is 5.83 Å². The predicted molar refractivity (Wildman–Crippen MR) is 85.1 cm³/mol. The molecule has 0 bridgehead atoms. The van der Waals surface area contributed by atoms with E-state index >= 15 is 0 Å². The molecule has 19 heavy (non-hydrogen) atoms. The lowest BCUT2D eigenvalue weighted by Crippen LogP contribution is -1.83. The second kappa shape index (κ2) is 13.8. The molecule has 0 aliphatic carbocycles. The summed E-state index contributed by atoms with van der Waals surface area (Å²) in [5.41, 5.74) is 0.943. The van der Waals surface area contributed by atoms with E-state index in [0.717, 1.165) is 37.7 Å². The third-order valence-electron chi connectivity index (χ3n) is 3.48. The summed E-state index contributed by atoms with van der Waals surface area (Å²) in [6, 6.07) is 0. The first kappa shape index (κ1) is 18.4. The van der Waals surface area contributed by atoms with E-state index in [-0.39, 0.29) is 5.83 Å². The summed E-state index contributed by atoms with van der Waals surface area (Å²) >= 11 is 0. The summed E-state index contributed by atoms with van der Waals surface area (Å²) in [4.78, 5) is 0. The molecule has 0 aromatic heterocycles. The van der Waals surface area contributed by atoms with Crippen LogP contribution in [0.3, 0.4) is 0 Å². The van der Waals surface area contributed by atoms with Gasteiger partial charge in [-0.25, -0.2) is 4.39 Å². The minimum Gasteiger partial charge on any atom is -0.212 e. The van der Waals surface area contributed by atoms with Crippen molar-refractivity contribution in [1.29, 1.82) is 0 Å². The number of halogens is 1. The van der Waals surface area contributed by atoms with Gasteiger partial charge in [0.25, 0.3) is 0 Å². The maximum Gasteiger partial charge on any atom is 0.100 e. The van der Waals surface area contributed by atoms with Gasteiger partial charge in [-0.15, -0.1) is 0 Å². The summed E-state index contributed by atoms with van der Waals surface area (Å²) in [5, 5.41) is 0. The van der Waals surface area contributed by atoms with Crippen molar-refractivity contribution >= 4 is 0 Å². The molecule has 0 amide bonds. The molecule has 0 saturated heterocycles. The van der Waals surface area contributed by atoms with E-state index in [1.807, 2.05) is 0 Å². The second-order valence-electron chi connectivity index (χ2n) is 5.58. The van der Waals surface area contributed by atoms with Gasteiger partial charge < -0.3 is 0 Å². The first-order valence-electron chi connectivity index (χ1n) is 8.24. The van der Waals surface area contributed by atoms with Gasteiger partial charge in [0.05, 0.1) is 0 Å². The zero-order chi connectivity index (χ0) is 14.3. The van der Waals surface area contributed by atoms with Crippen molar-refractivity contribution in [2.24, 2.45) is 0 Å². The topological polar surface area (TPSA) is 0 Å². The van der Waals surface area contributed by atoms with Crippen LogP contribution in [0.2, 0.25) is 0 Å². The van der Waals surface area contributed by atoms with E-state index in [0.29, 0.717) is 6.42 Å². The fourth-order valence-electron chi connectivity index (χ4n) is 2.20. The first-order chi connectivity index (χ1) is 9.20. The number of hydrogen-bond acceptors (Lipinski definition) is 0. The summed E-state index contributed by atoms with van der Waals surface area (Å²) in [6.45, 7) is 8.29. The highest BCUT2D eigenvalue weighted by Crippen LogP contribution is 2.16. The average molecular weight is 268 g/mol. The zero-order valence-electron chi connectivity index (χ0n) is 13.1. The van der Waals surface area contributed by atoms with Gasteiger partial charge in [-0.05, 0) is 31.8 Å². The Bertz CT molecular complexity index is 240. The van der Waals surface area contributed by atoms with Crippen molar-refractivity contribution in [3.05, 3.63) is 24.1 Å². The molecule has 0 fully saturated rings. The van der Waals surface area contributed by atoms with E-state index in [4.69, 9.17) is 0 Å². The van der Waals surface area contributed by atoms with Gasteiger partial charge in [-0.1, -0.05) is 77.4 Å². The van der Waals surface area contributed by atoms with Crippen molar-refractivity contribution in [3.63, 3.8) is 0 Å². The predicted octanol–water partition coefficient (Wildman–Crippen LogP) is 7.12. The maximum atomic E-state index is 13.6. The van der Waals surface area contributed by atoms with Gasteiger partial charge in [0, 0.05) is 0 Å². The summed E-state index contributed by atoms with van der Waals surface area (Å²) < 4.78 is 13.6. The molecule has 1 heteroatoms. The molecule has 0 aliphatic heterocycles. The van der Waals surface area contributed by atoms with E-state index in [9.17, 15) is 4.39 Å². The van der Waals surface area contributed by atoms with Crippen molar-refractivity contribution < 1.29 is 4.39 Å². The Hall–Kier alpha value is -0.590. The normalized spacial score (nSPS) is 11.8. The number of rotatable bonds is 13. The monoisotopic (exact) mass is 268 g/mol. The molecule has 0 aliphatic rings. The van der Waals surface area contributed by atoms with E-state index < -0.39 is 0 Å². The third-order valence-corrected chi connectivity index (χ3v) is 3.48. The molecule has 0 unspecified atom stereocenters. The van der Waals surface area contributed by atoms with Crippen LogP contribution in [0.15, 0.2) is 24.1 Å². The molecule has 0 aromatic rings. The minimum absolute atomic E-state index is 0.0205. The largest absolute Gasteiger partial charge is 0.212 e. The van der Waals surface area contributed by atoms with Crippen molar-refractivity contribution in [3.8, 4) is 0 Å². The fourth-order valence-corrected chi connectivity index (χ4v) is 2.20. The van der Waals surface area contributed by atoms with Crippen LogP contribution in [0.25, 0.3) is 0 Å². The SMILES string of the molecule is C=C(/C=C(/F)CCCCCCCCCC)CCCC. The lowest BCUT2D eigenvalue weighted by Gasteiger charge is -2.02. The Morgan fingerprint density at radius 3 is 1.89 bits per heavy atom. The van der Waals surface area contributed by atoms with Gasteiger partial charge in [-0.3, -0.25) is 0 Å². The molecule has 0 N–H and O–H groups in total. The fraction of sp³-hybridized carbons (Fsp3) is 0.778. The highest BCUT2D eigenvalue weighted by atomic mass is 19.1. The summed E-state index contributed by atoms with van der Waals surface area (Å²) in [6.07, 6.45) is 15.5. The van der Waals surface area contributed by atoms with Crippen LogP contribution in [-0.2, 0) is 0 Å². The zero-order valence-corrected chi connectivity index (χ0v) is 13.1. The quantitative estimate of drug-likeness (QED) is 0.246. The van der Waals surface area contributed by atoms with Crippen LogP contribution >= 0.6 is 0 Å². The Morgan fingerprint density at radius 1 is 0.789 bits per heavy atom. The van der Waals surface area contributed by atoms with Gasteiger partial charge in [0.15, 0.2) is 0 Å². The van der Waals surface area contributed by atoms with Gasteiger partial charge in [0.2, 0.25) is 0 Å².